The van der Waals surface area contributed by atoms with Crippen LogP contribution in [-0.2, 0) is 4.79 Å². The molecule has 2 aliphatic rings. The first-order valence-corrected chi connectivity index (χ1v) is 9.28. The van der Waals surface area contributed by atoms with Crippen LogP contribution in [0.4, 0.5) is 4.39 Å². The second kappa shape index (κ2) is 7.62. The molecule has 1 saturated carbocycles. The summed E-state index contributed by atoms with van der Waals surface area (Å²) in [6.07, 6.45) is 6.08. The van der Waals surface area contributed by atoms with E-state index in [4.69, 9.17) is 10.5 Å². The zero-order chi connectivity index (χ0) is 18.8. The molecule has 1 saturated heterocycles. The van der Waals surface area contributed by atoms with E-state index in [0.717, 1.165) is 24.8 Å². The molecule has 0 spiro atoms. The van der Waals surface area contributed by atoms with Gasteiger partial charge in [-0.2, -0.15) is 0 Å². The van der Waals surface area contributed by atoms with Crippen LogP contribution in [0.5, 0.6) is 11.5 Å². The number of benzene rings is 1. The average molecular weight is 370 g/mol. The van der Waals surface area contributed by atoms with E-state index in [1.165, 1.54) is 12.1 Å². The van der Waals surface area contributed by atoms with Crippen molar-refractivity contribution in [2.24, 2.45) is 17.6 Å². The van der Waals surface area contributed by atoms with Gasteiger partial charge in [-0.05, 0) is 54.9 Å². The van der Waals surface area contributed by atoms with Gasteiger partial charge >= 0.3 is 0 Å². The van der Waals surface area contributed by atoms with Crippen LogP contribution in [0, 0.1) is 17.7 Å². The number of carbonyl (C=O) groups is 1. The Morgan fingerprint density at radius 2 is 2.11 bits per heavy atom. The number of nitrogens with one attached hydrogen (secondary N) is 2. The Morgan fingerprint density at radius 1 is 1.22 bits per heavy atom. The number of carbonyl (C=O) groups excluding carboxylic acids is 1. The van der Waals surface area contributed by atoms with Crippen molar-refractivity contribution in [3.8, 4) is 11.5 Å². The molecule has 1 amide bonds. The number of nitrogens with two attached hydrogens (primary N) is 1. The summed E-state index contributed by atoms with van der Waals surface area (Å²) in [5.74, 6) is 1.24. The maximum atomic E-state index is 13.4. The van der Waals surface area contributed by atoms with Crippen LogP contribution in [0.15, 0.2) is 42.7 Å². The molecule has 2 aromatic rings. The third-order valence-electron chi connectivity index (χ3n) is 5.63. The monoisotopic (exact) mass is 370 g/mol. The van der Waals surface area contributed by atoms with Gasteiger partial charge in [0.2, 0.25) is 5.91 Å². The lowest BCUT2D eigenvalue weighted by Crippen LogP contribution is -2.62. The number of fused-ring (bicyclic) bond motifs is 1. The van der Waals surface area contributed by atoms with E-state index in [1.54, 1.807) is 18.3 Å². The molecule has 27 heavy (non-hydrogen) atoms. The van der Waals surface area contributed by atoms with Crippen molar-refractivity contribution in [2.75, 3.05) is 6.54 Å². The van der Waals surface area contributed by atoms with Crippen LogP contribution in [-0.4, -0.2) is 23.5 Å². The van der Waals surface area contributed by atoms with Crippen molar-refractivity contribution >= 4 is 5.91 Å². The number of hydrazine groups is 1. The molecular weight excluding hydrogens is 347 g/mol. The Kier molecular flexibility index (Phi) is 5.05. The molecule has 1 aromatic carbocycles. The number of halogens is 1. The zero-order valence-corrected chi connectivity index (χ0v) is 14.9. The van der Waals surface area contributed by atoms with Gasteiger partial charge in [0, 0.05) is 30.8 Å². The van der Waals surface area contributed by atoms with E-state index >= 15 is 0 Å². The predicted octanol–water partition coefficient (Wildman–Crippen LogP) is 2.47. The second-order valence-corrected chi connectivity index (χ2v) is 7.27. The van der Waals surface area contributed by atoms with Crippen molar-refractivity contribution in [2.45, 2.75) is 31.2 Å². The SMILES string of the molecule is NCC1NNC(=O)C2CCC(c3cncc(Oc4cccc(F)c4)c3)CC12. The lowest BCUT2D eigenvalue weighted by molar-refractivity contribution is -0.133. The number of hydrogen-bond donors (Lipinski definition) is 3. The molecule has 6 nitrogen and oxygen atoms in total. The van der Waals surface area contributed by atoms with Gasteiger partial charge in [-0.25, -0.2) is 9.82 Å². The Morgan fingerprint density at radius 3 is 2.93 bits per heavy atom. The molecule has 1 aliphatic carbocycles. The zero-order valence-electron chi connectivity index (χ0n) is 14.9. The third-order valence-corrected chi connectivity index (χ3v) is 5.63. The highest BCUT2D eigenvalue weighted by atomic mass is 19.1. The molecule has 2 fully saturated rings. The number of hydrogen-bond acceptors (Lipinski definition) is 5. The van der Waals surface area contributed by atoms with Gasteiger partial charge in [0.25, 0.3) is 0 Å². The highest BCUT2D eigenvalue weighted by Crippen LogP contribution is 2.42. The standard InChI is InChI=1S/C20H23FN4O2/c21-14-2-1-3-15(8-14)27-16-6-13(10-23-11-16)12-4-5-17-18(7-12)19(9-22)24-25-20(17)26/h1-3,6,8,10-12,17-19,24H,4-5,7,9,22H2,(H,25,26). The van der Waals surface area contributed by atoms with Crippen molar-refractivity contribution in [1.29, 1.82) is 0 Å². The fraction of sp³-hybridized carbons (Fsp3) is 0.400. The summed E-state index contributed by atoms with van der Waals surface area (Å²) in [7, 11) is 0. The molecule has 4 rings (SSSR count). The highest BCUT2D eigenvalue weighted by molar-refractivity contribution is 5.79. The van der Waals surface area contributed by atoms with E-state index in [2.05, 4.69) is 15.8 Å². The summed E-state index contributed by atoms with van der Waals surface area (Å²) in [6.45, 7) is 0.481. The van der Waals surface area contributed by atoms with E-state index in [1.807, 2.05) is 12.3 Å². The van der Waals surface area contributed by atoms with E-state index < -0.39 is 0 Å². The number of amides is 1. The lowest BCUT2D eigenvalue weighted by atomic mass is 9.68. The summed E-state index contributed by atoms with van der Waals surface area (Å²) in [6, 6.07) is 8.07. The van der Waals surface area contributed by atoms with Crippen molar-refractivity contribution < 1.29 is 13.9 Å². The van der Waals surface area contributed by atoms with E-state index in [0.29, 0.717) is 18.0 Å². The number of nitrogens with zero attached hydrogens (tertiary/aromatic N) is 1. The smallest absolute Gasteiger partial charge is 0.237 e. The number of ether oxygens (including phenoxy) is 1. The van der Waals surface area contributed by atoms with Crippen molar-refractivity contribution in [3.05, 3.63) is 54.1 Å². The summed E-state index contributed by atoms with van der Waals surface area (Å²) in [5.41, 5.74) is 12.7. The Balaban J connectivity index is 1.51. The van der Waals surface area contributed by atoms with Crippen LogP contribution < -0.4 is 21.3 Å². The third kappa shape index (κ3) is 3.79. The number of pyridine rings is 1. The maximum absolute atomic E-state index is 13.4. The van der Waals surface area contributed by atoms with Crippen LogP contribution in [0.25, 0.3) is 0 Å². The number of rotatable bonds is 4. The number of aromatic nitrogens is 1. The van der Waals surface area contributed by atoms with Gasteiger partial charge in [-0.1, -0.05) is 6.07 Å². The van der Waals surface area contributed by atoms with Crippen LogP contribution in [0.1, 0.15) is 30.7 Å². The van der Waals surface area contributed by atoms with Gasteiger partial charge in [0.05, 0.1) is 6.20 Å². The summed E-state index contributed by atoms with van der Waals surface area (Å²) in [5, 5.41) is 0. The molecule has 7 heteroatoms. The van der Waals surface area contributed by atoms with Gasteiger partial charge < -0.3 is 10.5 Å². The summed E-state index contributed by atoms with van der Waals surface area (Å²) < 4.78 is 19.1. The molecule has 0 bridgehead atoms. The van der Waals surface area contributed by atoms with Crippen molar-refractivity contribution in [1.82, 2.24) is 15.8 Å². The first-order valence-electron chi connectivity index (χ1n) is 9.28. The normalized spacial score (nSPS) is 27.6. The van der Waals surface area contributed by atoms with Crippen molar-refractivity contribution in [3.63, 3.8) is 0 Å². The Bertz CT molecular complexity index is 831. The molecular formula is C20H23FN4O2. The molecule has 1 aromatic heterocycles. The molecule has 2 heterocycles. The summed E-state index contributed by atoms with van der Waals surface area (Å²) in [4.78, 5) is 16.4. The minimum atomic E-state index is -0.342. The second-order valence-electron chi connectivity index (χ2n) is 7.27. The highest BCUT2D eigenvalue weighted by Gasteiger charge is 2.42. The molecule has 142 valence electrons. The fourth-order valence-electron chi connectivity index (χ4n) is 4.26. The van der Waals surface area contributed by atoms with E-state index in [-0.39, 0.29) is 35.5 Å². The first kappa shape index (κ1) is 17.9. The Hall–Kier alpha value is -2.51. The van der Waals surface area contributed by atoms with Gasteiger partial charge in [0.1, 0.15) is 17.3 Å². The first-order chi connectivity index (χ1) is 13.1. The predicted molar refractivity (Wildman–Crippen MR) is 98.4 cm³/mol. The van der Waals surface area contributed by atoms with Crippen LogP contribution >= 0.6 is 0 Å². The molecule has 4 unspecified atom stereocenters. The molecule has 4 N–H and O–H groups in total. The largest absolute Gasteiger partial charge is 0.456 e. The van der Waals surface area contributed by atoms with Crippen LogP contribution in [0.3, 0.4) is 0 Å². The maximum Gasteiger partial charge on any atom is 0.237 e. The fourth-order valence-corrected chi connectivity index (χ4v) is 4.26. The van der Waals surface area contributed by atoms with Crippen LogP contribution in [0.2, 0.25) is 0 Å². The van der Waals surface area contributed by atoms with Gasteiger partial charge in [-0.15, -0.1) is 0 Å². The summed E-state index contributed by atoms with van der Waals surface area (Å²) >= 11 is 0. The topological polar surface area (TPSA) is 89.3 Å². The Labute approximate surface area is 157 Å². The molecule has 4 atom stereocenters. The van der Waals surface area contributed by atoms with Gasteiger partial charge in [0.15, 0.2) is 0 Å². The van der Waals surface area contributed by atoms with Gasteiger partial charge in [-0.3, -0.25) is 15.2 Å². The molecule has 0 radical (unpaired) electrons. The minimum absolute atomic E-state index is 0.00994. The minimum Gasteiger partial charge on any atom is -0.456 e. The average Bonchev–Trinajstić information content (AvgIpc) is 2.68. The molecule has 1 aliphatic heterocycles. The lowest BCUT2D eigenvalue weighted by Gasteiger charge is -2.43. The quantitative estimate of drug-likeness (QED) is 0.769. The van der Waals surface area contributed by atoms with E-state index in [9.17, 15) is 9.18 Å².